The summed E-state index contributed by atoms with van der Waals surface area (Å²) in [6.45, 7) is 2.97. The van der Waals surface area contributed by atoms with Gasteiger partial charge in [0.1, 0.15) is 5.75 Å². The van der Waals surface area contributed by atoms with Gasteiger partial charge >= 0.3 is 0 Å². The summed E-state index contributed by atoms with van der Waals surface area (Å²) in [5.74, 6) is 0.545. The normalized spacial score (nSPS) is 9.94. The molecule has 0 atom stereocenters. The molecule has 0 saturated heterocycles. The lowest BCUT2D eigenvalue weighted by atomic mass is 10.3. The third kappa shape index (κ3) is 3.72. The van der Waals surface area contributed by atoms with Gasteiger partial charge in [0.2, 0.25) is 5.91 Å². The fourth-order valence-corrected chi connectivity index (χ4v) is 1.37. The van der Waals surface area contributed by atoms with E-state index < -0.39 is 0 Å². The second-order valence-corrected chi connectivity index (χ2v) is 3.58. The van der Waals surface area contributed by atoms with Crippen molar-refractivity contribution in [3.8, 4) is 5.75 Å². The topological polar surface area (TPSA) is 50.4 Å². The molecule has 4 nitrogen and oxygen atoms in total. The zero-order valence-corrected chi connectivity index (χ0v) is 10.1. The lowest BCUT2D eigenvalue weighted by molar-refractivity contribution is -0.115. The molecule has 2 N–H and O–H groups in total. The molecule has 0 radical (unpaired) electrons. The Morgan fingerprint density at radius 1 is 1.50 bits per heavy atom. The van der Waals surface area contributed by atoms with E-state index >= 15 is 0 Å². The Balaban J connectivity index is 2.63. The molecule has 0 bridgehead atoms. The van der Waals surface area contributed by atoms with E-state index in [1.165, 1.54) is 0 Å². The van der Waals surface area contributed by atoms with E-state index in [0.29, 0.717) is 16.5 Å². The summed E-state index contributed by atoms with van der Waals surface area (Å²) in [4.78, 5) is 11.4. The minimum atomic E-state index is -0.117. The molecule has 5 heteroatoms. The largest absolute Gasteiger partial charge is 0.497 e. The van der Waals surface area contributed by atoms with Gasteiger partial charge in [-0.2, -0.15) is 0 Å². The number of carbonyl (C=O) groups is 1. The Hall–Kier alpha value is -1.26. The molecule has 0 spiro atoms. The molecule has 1 amide bonds. The SMILES string of the molecule is CCNCC(=O)Nc1ccc(OC)cc1Cl. The van der Waals surface area contributed by atoms with Crippen LogP contribution in [0.25, 0.3) is 0 Å². The molecular formula is C11H15ClN2O2. The van der Waals surface area contributed by atoms with Crippen LogP contribution in [0.3, 0.4) is 0 Å². The Bertz CT molecular complexity index is 369. The molecule has 0 unspecified atom stereocenters. The lowest BCUT2D eigenvalue weighted by Gasteiger charge is -2.08. The van der Waals surface area contributed by atoms with E-state index in [-0.39, 0.29) is 12.5 Å². The van der Waals surface area contributed by atoms with Gasteiger partial charge in [0.15, 0.2) is 0 Å². The Morgan fingerprint density at radius 3 is 2.81 bits per heavy atom. The van der Waals surface area contributed by atoms with Crippen molar-refractivity contribution in [1.82, 2.24) is 5.32 Å². The molecule has 0 aliphatic carbocycles. The fourth-order valence-electron chi connectivity index (χ4n) is 1.16. The highest BCUT2D eigenvalue weighted by molar-refractivity contribution is 6.33. The summed E-state index contributed by atoms with van der Waals surface area (Å²) >= 11 is 5.97. The number of hydrogen-bond acceptors (Lipinski definition) is 3. The zero-order chi connectivity index (χ0) is 12.0. The standard InChI is InChI=1S/C11H15ClN2O2/c1-3-13-7-11(15)14-10-5-4-8(16-2)6-9(10)12/h4-6,13H,3,7H2,1-2H3,(H,14,15). The molecule has 1 aromatic rings. The molecule has 1 aromatic carbocycles. The van der Waals surface area contributed by atoms with Gasteiger partial charge in [-0.15, -0.1) is 0 Å². The monoisotopic (exact) mass is 242 g/mol. The summed E-state index contributed by atoms with van der Waals surface area (Å²) < 4.78 is 5.01. The quantitative estimate of drug-likeness (QED) is 0.829. The Kier molecular flexibility index (Phi) is 5.08. The van der Waals surface area contributed by atoms with Crippen molar-refractivity contribution in [2.24, 2.45) is 0 Å². The summed E-state index contributed by atoms with van der Waals surface area (Å²) in [5.41, 5.74) is 0.588. The van der Waals surface area contributed by atoms with E-state index in [9.17, 15) is 4.79 Å². The summed E-state index contributed by atoms with van der Waals surface area (Å²) in [5, 5.41) is 6.10. The highest BCUT2D eigenvalue weighted by Crippen LogP contribution is 2.26. The number of methoxy groups -OCH3 is 1. The molecule has 1 rings (SSSR count). The van der Waals surface area contributed by atoms with Crippen LogP contribution in [-0.2, 0) is 4.79 Å². The Morgan fingerprint density at radius 2 is 2.25 bits per heavy atom. The first kappa shape index (κ1) is 12.8. The third-order valence-electron chi connectivity index (χ3n) is 1.99. The van der Waals surface area contributed by atoms with Crippen molar-refractivity contribution >= 4 is 23.2 Å². The van der Waals surface area contributed by atoms with Gasteiger partial charge in [-0.25, -0.2) is 0 Å². The molecule has 0 heterocycles. The van der Waals surface area contributed by atoms with Gasteiger partial charge in [-0.05, 0) is 18.7 Å². The van der Waals surface area contributed by atoms with Gasteiger partial charge in [0.25, 0.3) is 0 Å². The molecule has 0 aromatic heterocycles. The van der Waals surface area contributed by atoms with Crippen molar-refractivity contribution in [3.05, 3.63) is 23.2 Å². The lowest BCUT2D eigenvalue weighted by Crippen LogP contribution is -2.27. The smallest absolute Gasteiger partial charge is 0.238 e. The zero-order valence-electron chi connectivity index (χ0n) is 9.34. The van der Waals surface area contributed by atoms with Crippen LogP contribution in [0.5, 0.6) is 5.75 Å². The molecule has 0 fully saturated rings. The molecule has 0 aliphatic rings. The number of carbonyl (C=O) groups excluding carboxylic acids is 1. The number of rotatable bonds is 5. The van der Waals surface area contributed by atoms with E-state index in [0.717, 1.165) is 6.54 Å². The van der Waals surface area contributed by atoms with Crippen molar-refractivity contribution in [2.75, 3.05) is 25.5 Å². The molecule has 0 saturated carbocycles. The predicted molar refractivity (Wildman–Crippen MR) is 65.2 cm³/mol. The number of benzene rings is 1. The molecule has 88 valence electrons. The number of hydrogen-bond donors (Lipinski definition) is 2. The molecule has 16 heavy (non-hydrogen) atoms. The van der Waals surface area contributed by atoms with Crippen LogP contribution in [0.15, 0.2) is 18.2 Å². The molecular weight excluding hydrogens is 228 g/mol. The first-order chi connectivity index (χ1) is 7.67. The highest BCUT2D eigenvalue weighted by Gasteiger charge is 2.05. The maximum absolute atomic E-state index is 11.4. The van der Waals surface area contributed by atoms with Crippen LogP contribution in [0, 0.1) is 0 Å². The number of anilines is 1. The Labute approximate surface area is 99.9 Å². The van der Waals surface area contributed by atoms with Gasteiger partial charge in [-0.3, -0.25) is 4.79 Å². The number of nitrogens with one attached hydrogen (secondary N) is 2. The second kappa shape index (κ2) is 6.35. The maximum Gasteiger partial charge on any atom is 0.238 e. The minimum Gasteiger partial charge on any atom is -0.497 e. The van der Waals surface area contributed by atoms with Crippen molar-refractivity contribution in [3.63, 3.8) is 0 Å². The van der Waals surface area contributed by atoms with E-state index in [1.807, 2.05) is 6.92 Å². The van der Waals surface area contributed by atoms with Crippen molar-refractivity contribution in [1.29, 1.82) is 0 Å². The summed E-state index contributed by atoms with van der Waals surface area (Å²) in [6, 6.07) is 5.12. The van der Waals surface area contributed by atoms with Crippen LogP contribution >= 0.6 is 11.6 Å². The number of halogens is 1. The number of likely N-dealkylation sites (N-methyl/N-ethyl adjacent to an activating group) is 1. The van der Waals surface area contributed by atoms with Crippen LogP contribution in [0.1, 0.15) is 6.92 Å². The van der Waals surface area contributed by atoms with Crippen LogP contribution in [-0.4, -0.2) is 26.1 Å². The number of amides is 1. The van der Waals surface area contributed by atoms with Crippen molar-refractivity contribution in [2.45, 2.75) is 6.92 Å². The van der Waals surface area contributed by atoms with E-state index in [4.69, 9.17) is 16.3 Å². The van der Waals surface area contributed by atoms with Gasteiger partial charge < -0.3 is 15.4 Å². The highest BCUT2D eigenvalue weighted by atomic mass is 35.5. The first-order valence-corrected chi connectivity index (χ1v) is 5.39. The summed E-state index contributed by atoms with van der Waals surface area (Å²) in [6.07, 6.45) is 0. The van der Waals surface area contributed by atoms with Gasteiger partial charge in [0, 0.05) is 6.07 Å². The van der Waals surface area contributed by atoms with Gasteiger partial charge in [-0.1, -0.05) is 18.5 Å². The minimum absolute atomic E-state index is 0.117. The predicted octanol–water partition coefficient (Wildman–Crippen LogP) is 1.90. The number of ether oxygens (including phenoxy) is 1. The van der Waals surface area contributed by atoms with Crippen LogP contribution in [0.2, 0.25) is 5.02 Å². The summed E-state index contributed by atoms with van der Waals surface area (Å²) in [7, 11) is 1.56. The van der Waals surface area contributed by atoms with E-state index in [1.54, 1.807) is 25.3 Å². The van der Waals surface area contributed by atoms with Crippen LogP contribution in [0.4, 0.5) is 5.69 Å². The second-order valence-electron chi connectivity index (χ2n) is 3.17. The first-order valence-electron chi connectivity index (χ1n) is 5.01. The van der Waals surface area contributed by atoms with E-state index in [2.05, 4.69) is 10.6 Å². The van der Waals surface area contributed by atoms with Crippen molar-refractivity contribution < 1.29 is 9.53 Å². The maximum atomic E-state index is 11.4. The third-order valence-corrected chi connectivity index (χ3v) is 2.30. The van der Waals surface area contributed by atoms with Gasteiger partial charge in [0.05, 0.1) is 24.4 Å². The fraction of sp³-hybridized carbons (Fsp3) is 0.364. The van der Waals surface area contributed by atoms with Crippen LogP contribution < -0.4 is 15.4 Å². The average molecular weight is 243 g/mol. The molecule has 0 aliphatic heterocycles. The average Bonchev–Trinajstić information content (AvgIpc) is 2.29.